The average molecular weight is 427 g/mol. The third kappa shape index (κ3) is 2.84. The van der Waals surface area contributed by atoms with Crippen LogP contribution in [0.25, 0.3) is 11.1 Å². The monoisotopic (exact) mass is 426 g/mol. The van der Waals surface area contributed by atoms with Crippen molar-refractivity contribution in [1.29, 1.82) is 0 Å². The summed E-state index contributed by atoms with van der Waals surface area (Å²) in [6.07, 6.45) is 2.06. The molecule has 0 aliphatic carbocycles. The van der Waals surface area contributed by atoms with Crippen LogP contribution in [0.2, 0.25) is 5.02 Å². The van der Waals surface area contributed by atoms with Gasteiger partial charge in [-0.1, -0.05) is 17.7 Å². The van der Waals surface area contributed by atoms with E-state index in [0.29, 0.717) is 41.7 Å². The molecule has 3 heterocycles. The fourth-order valence-electron chi connectivity index (χ4n) is 4.77. The molecular weight excluding hydrogens is 404 g/mol. The van der Waals surface area contributed by atoms with Crippen molar-refractivity contribution in [2.75, 3.05) is 26.0 Å². The highest BCUT2D eigenvalue weighted by Gasteiger charge is 2.58. The number of halogens is 1. The second kappa shape index (κ2) is 6.62. The van der Waals surface area contributed by atoms with E-state index in [-0.39, 0.29) is 11.9 Å². The standard InChI is InChI=1S/C22H23ClN4O3/c1-27-19(28)22(26-20(27)25)11-21(5-2-6-29-12-21)30-18-4-3-13(9-17(18)22)14-7-15(23)10-16(24)8-14/h3-4,7-10H,2,5-6,11-12,24H2,1H3,(H2,25,26)/t21-,22+/m1/s1. The smallest absolute Gasteiger partial charge is 0.261 e. The van der Waals surface area contributed by atoms with E-state index in [9.17, 15) is 4.79 Å². The molecule has 5 rings (SSSR count). The number of benzene rings is 2. The van der Waals surface area contributed by atoms with E-state index in [2.05, 4.69) is 4.99 Å². The molecule has 0 bridgehead atoms. The number of nitrogens with two attached hydrogens (primary N) is 2. The summed E-state index contributed by atoms with van der Waals surface area (Å²) in [6.45, 7) is 1.12. The average Bonchev–Trinajstić information content (AvgIpc) is 2.91. The van der Waals surface area contributed by atoms with Crippen LogP contribution in [-0.2, 0) is 15.1 Å². The molecule has 2 aromatic rings. The van der Waals surface area contributed by atoms with Gasteiger partial charge in [0.05, 0.1) is 6.61 Å². The highest BCUT2D eigenvalue weighted by Crippen LogP contribution is 2.51. The Labute approximate surface area is 179 Å². The number of rotatable bonds is 1. The fraction of sp³-hybridized carbons (Fsp3) is 0.364. The summed E-state index contributed by atoms with van der Waals surface area (Å²) in [5, 5.41) is 0.547. The molecule has 2 atom stereocenters. The Bertz CT molecular complexity index is 1060. The number of ether oxygens (including phenoxy) is 2. The molecule has 1 amide bonds. The van der Waals surface area contributed by atoms with Gasteiger partial charge in [0.2, 0.25) is 0 Å². The number of carbonyl (C=O) groups excluding carboxylic acids is 1. The van der Waals surface area contributed by atoms with E-state index in [4.69, 9.17) is 32.5 Å². The summed E-state index contributed by atoms with van der Waals surface area (Å²) in [4.78, 5) is 19.5. The van der Waals surface area contributed by atoms with Crippen LogP contribution >= 0.6 is 11.6 Å². The van der Waals surface area contributed by atoms with Crippen molar-refractivity contribution < 1.29 is 14.3 Å². The molecule has 2 spiro atoms. The van der Waals surface area contributed by atoms with Gasteiger partial charge >= 0.3 is 0 Å². The van der Waals surface area contributed by atoms with E-state index in [1.807, 2.05) is 30.3 Å². The predicted octanol–water partition coefficient (Wildman–Crippen LogP) is 2.90. The molecule has 1 fully saturated rings. The van der Waals surface area contributed by atoms with Crippen LogP contribution in [0.4, 0.5) is 5.69 Å². The lowest BCUT2D eigenvalue weighted by Gasteiger charge is -2.46. The van der Waals surface area contributed by atoms with Crippen molar-refractivity contribution in [2.24, 2.45) is 10.7 Å². The van der Waals surface area contributed by atoms with Gasteiger partial charge in [-0.15, -0.1) is 0 Å². The Morgan fingerprint density at radius 1 is 1.17 bits per heavy atom. The van der Waals surface area contributed by atoms with E-state index < -0.39 is 11.1 Å². The quantitative estimate of drug-likeness (QED) is 0.682. The molecule has 4 N–H and O–H groups in total. The molecule has 0 aromatic heterocycles. The van der Waals surface area contributed by atoms with Crippen molar-refractivity contribution in [3.63, 3.8) is 0 Å². The first kappa shape index (κ1) is 19.2. The van der Waals surface area contributed by atoms with Crippen molar-refractivity contribution in [2.45, 2.75) is 30.4 Å². The maximum absolute atomic E-state index is 13.4. The molecule has 156 valence electrons. The maximum Gasteiger partial charge on any atom is 0.261 e. The Morgan fingerprint density at radius 3 is 2.67 bits per heavy atom. The number of aliphatic imine (C=N–C) groups is 1. The van der Waals surface area contributed by atoms with Crippen LogP contribution in [0.3, 0.4) is 0 Å². The van der Waals surface area contributed by atoms with Gasteiger partial charge in [-0.05, 0) is 54.3 Å². The second-order valence-corrected chi connectivity index (χ2v) is 8.73. The molecule has 0 saturated carbocycles. The summed E-state index contributed by atoms with van der Waals surface area (Å²) in [5.41, 5.74) is 13.3. The number of hydrogen-bond acceptors (Lipinski definition) is 6. The number of hydrogen-bond donors (Lipinski definition) is 2. The molecule has 0 unspecified atom stereocenters. The number of guanidine groups is 1. The number of carbonyl (C=O) groups is 1. The normalized spacial score (nSPS) is 27.9. The van der Waals surface area contributed by atoms with E-state index >= 15 is 0 Å². The molecule has 3 aliphatic rings. The summed E-state index contributed by atoms with van der Waals surface area (Å²) in [5.74, 6) is 0.681. The SMILES string of the molecule is CN1C(=O)[C@@]2(C[C@@]3(CCCOC3)Oc3ccc(-c4cc(N)cc(Cl)c4)cc32)N=C1N. The lowest BCUT2D eigenvalue weighted by atomic mass is 9.74. The molecule has 7 nitrogen and oxygen atoms in total. The van der Waals surface area contributed by atoms with Crippen LogP contribution in [-0.4, -0.2) is 42.6 Å². The Morgan fingerprint density at radius 2 is 2.00 bits per heavy atom. The molecule has 2 aromatic carbocycles. The third-order valence-electron chi connectivity index (χ3n) is 6.18. The topological polar surface area (TPSA) is 103 Å². The highest BCUT2D eigenvalue weighted by molar-refractivity contribution is 6.31. The summed E-state index contributed by atoms with van der Waals surface area (Å²) < 4.78 is 12.2. The van der Waals surface area contributed by atoms with Crippen LogP contribution < -0.4 is 16.2 Å². The first-order valence-electron chi connectivity index (χ1n) is 9.93. The lowest BCUT2D eigenvalue weighted by Crippen LogP contribution is -2.55. The van der Waals surface area contributed by atoms with Gasteiger partial charge in [0, 0.05) is 36.3 Å². The van der Waals surface area contributed by atoms with Gasteiger partial charge < -0.3 is 20.9 Å². The van der Waals surface area contributed by atoms with Crippen LogP contribution in [0, 0.1) is 0 Å². The molecule has 0 radical (unpaired) electrons. The molecule has 3 aliphatic heterocycles. The van der Waals surface area contributed by atoms with Crippen LogP contribution in [0.15, 0.2) is 41.4 Å². The van der Waals surface area contributed by atoms with E-state index in [1.54, 1.807) is 13.1 Å². The van der Waals surface area contributed by atoms with E-state index in [0.717, 1.165) is 24.0 Å². The minimum absolute atomic E-state index is 0.155. The zero-order valence-electron chi connectivity index (χ0n) is 16.7. The largest absolute Gasteiger partial charge is 0.484 e. The minimum atomic E-state index is -1.13. The Kier molecular flexibility index (Phi) is 4.24. The zero-order chi connectivity index (χ0) is 21.1. The number of likely N-dealkylation sites (N-methyl/N-ethyl adjacent to an activating group) is 1. The minimum Gasteiger partial charge on any atom is -0.484 e. The number of nitrogen functional groups attached to an aromatic ring is 1. The Balaban J connectivity index is 1.69. The predicted molar refractivity (Wildman–Crippen MR) is 115 cm³/mol. The van der Waals surface area contributed by atoms with Crippen LogP contribution in [0.5, 0.6) is 5.75 Å². The number of amides is 1. The van der Waals surface area contributed by atoms with Gasteiger partial charge in [0.15, 0.2) is 11.5 Å². The van der Waals surface area contributed by atoms with Crippen molar-refractivity contribution in [1.82, 2.24) is 4.90 Å². The van der Waals surface area contributed by atoms with Gasteiger partial charge in [0.25, 0.3) is 5.91 Å². The van der Waals surface area contributed by atoms with Crippen molar-refractivity contribution in [3.05, 3.63) is 47.0 Å². The molecule has 1 saturated heterocycles. The second-order valence-electron chi connectivity index (χ2n) is 8.30. The molecular formula is C22H23ClN4O3. The number of nitrogens with zero attached hydrogens (tertiary/aromatic N) is 2. The third-order valence-corrected chi connectivity index (χ3v) is 6.39. The van der Waals surface area contributed by atoms with Crippen molar-refractivity contribution >= 4 is 29.2 Å². The summed E-state index contributed by atoms with van der Waals surface area (Å²) in [7, 11) is 1.65. The van der Waals surface area contributed by atoms with Gasteiger partial charge in [-0.25, -0.2) is 4.99 Å². The highest BCUT2D eigenvalue weighted by atomic mass is 35.5. The van der Waals surface area contributed by atoms with Gasteiger partial charge in [-0.2, -0.15) is 0 Å². The lowest BCUT2D eigenvalue weighted by molar-refractivity contribution is -0.139. The van der Waals surface area contributed by atoms with Crippen LogP contribution in [0.1, 0.15) is 24.8 Å². The van der Waals surface area contributed by atoms with Gasteiger partial charge in [-0.3, -0.25) is 9.69 Å². The Hall–Kier alpha value is -2.77. The van der Waals surface area contributed by atoms with E-state index in [1.165, 1.54) is 4.90 Å². The molecule has 8 heteroatoms. The zero-order valence-corrected chi connectivity index (χ0v) is 17.4. The maximum atomic E-state index is 13.4. The van der Waals surface area contributed by atoms with Gasteiger partial charge in [0.1, 0.15) is 11.4 Å². The number of anilines is 1. The fourth-order valence-corrected chi connectivity index (χ4v) is 5.01. The number of fused-ring (bicyclic) bond motifs is 2. The molecule has 30 heavy (non-hydrogen) atoms. The first-order valence-corrected chi connectivity index (χ1v) is 10.3. The summed E-state index contributed by atoms with van der Waals surface area (Å²) >= 11 is 6.21. The first-order chi connectivity index (χ1) is 14.3. The summed E-state index contributed by atoms with van der Waals surface area (Å²) in [6, 6.07) is 11.1. The van der Waals surface area contributed by atoms with Crippen molar-refractivity contribution in [3.8, 4) is 16.9 Å².